The van der Waals surface area contributed by atoms with E-state index in [1.165, 1.54) is 19.1 Å². The lowest BCUT2D eigenvalue weighted by Crippen LogP contribution is -2.33. The van der Waals surface area contributed by atoms with E-state index in [-0.39, 0.29) is 16.5 Å². The molecule has 4 rings (SSSR count). The van der Waals surface area contributed by atoms with Gasteiger partial charge in [-0.15, -0.1) is 0 Å². The molecular weight excluding hydrogens is 484 g/mol. The Labute approximate surface area is 205 Å². The molecule has 0 radical (unpaired) electrons. The lowest BCUT2D eigenvalue weighted by Gasteiger charge is -2.20. The van der Waals surface area contributed by atoms with Crippen molar-refractivity contribution in [3.05, 3.63) is 81.6 Å². The number of benzene rings is 3. The van der Waals surface area contributed by atoms with Crippen molar-refractivity contribution in [2.75, 3.05) is 0 Å². The molecule has 2 amide bonds. The Morgan fingerprint density at radius 3 is 2.47 bits per heavy atom. The van der Waals surface area contributed by atoms with Crippen LogP contribution in [0.15, 0.2) is 54.6 Å². The minimum absolute atomic E-state index is 0.00387. The molecule has 3 aromatic carbocycles. The van der Waals surface area contributed by atoms with Crippen molar-refractivity contribution in [3.63, 3.8) is 0 Å². The third-order valence-electron chi connectivity index (χ3n) is 5.31. The van der Waals surface area contributed by atoms with Gasteiger partial charge in [0.1, 0.15) is 17.2 Å². The summed E-state index contributed by atoms with van der Waals surface area (Å²) in [5.41, 5.74) is -0.349. The smallest absolute Gasteiger partial charge is 0.415 e. The average Bonchev–Trinajstić information content (AvgIpc) is 3.05. The minimum atomic E-state index is -1.48. The van der Waals surface area contributed by atoms with E-state index in [9.17, 15) is 14.0 Å². The van der Waals surface area contributed by atoms with E-state index in [1.807, 2.05) is 6.92 Å². The molecule has 1 heterocycles. The SMILES string of the molecule is CCCc1cc(Oc2ccc(Cl)cc2Cl)c(F)cc1Oc1cccc([C@@]2(C)OC(=O)NC2=O)c1. The van der Waals surface area contributed by atoms with Crippen LogP contribution in [0.2, 0.25) is 10.0 Å². The highest BCUT2D eigenvalue weighted by Gasteiger charge is 2.46. The Hall–Kier alpha value is -3.29. The molecule has 9 heteroatoms. The van der Waals surface area contributed by atoms with Gasteiger partial charge in [-0.25, -0.2) is 9.18 Å². The zero-order chi connectivity index (χ0) is 24.5. The van der Waals surface area contributed by atoms with Crippen LogP contribution in [0, 0.1) is 5.82 Å². The van der Waals surface area contributed by atoms with Gasteiger partial charge in [-0.3, -0.25) is 10.1 Å². The van der Waals surface area contributed by atoms with E-state index in [0.29, 0.717) is 34.1 Å². The van der Waals surface area contributed by atoms with Gasteiger partial charge in [-0.1, -0.05) is 48.7 Å². The predicted molar refractivity (Wildman–Crippen MR) is 125 cm³/mol. The Bertz CT molecular complexity index is 1280. The fraction of sp³-hybridized carbons (Fsp3) is 0.200. The highest BCUT2D eigenvalue weighted by atomic mass is 35.5. The standard InChI is InChI=1S/C25H20Cl2FNO5/c1-3-5-14-10-22(33-20-9-8-16(26)12-18(20)27)19(28)13-21(14)32-17-7-4-6-15(11-17)25(2)23(30)29-24(31)34-25/h4,6-13H,3,5H2,1-2H3,(H,29,30,31)/t25-/m1/s1. The molecule has 3 aromatic rings. The molecule has 34 heavy (non-hydrogen) atoms. The van der Waals surface area contributed by atoms with E-state index < -0.39 is 23.4 Å². The van der Waals surface area contributed by atoms with Crippen LogP contribution >= 0.6 is 23.2 Å². The average molecular weight is 504 g/mol. The van der Waals surface area contributed by atoms with E-state index >= 15 is 0 Å². The zero-order valence-electron chi connectivity index (χ0n) is 18.3. The first-order valence-electron chi connectivity index (χ1n) is 10.5. The Morgan fingerprint density at radius 1 is 1.00 bits per heavy atom. The molecular formula is C25H20Cl2FNO5. The number of hydrogen-bond acceptors (Lipinski definition) is 5. The van der Waals surface area contributed by atoms with Crippen molar-refractivity contribution in [2.45, 2.75) is 32.3 Å². The van der Waals surface area contributed by atoms with Crippen molar-refractivity contribution in [1.29, 1.82) is 0 Å². The van der Waals surface area contributed by atoms with Crippen molar-refractivity contribution in [1.82, 2.24) is 5.32 Å². The summed E-state index contributed by atoms with van der Waals surface area (Å²) < 4.78 is 31.8. The molecule has 6 nitrogen and oxygen atoms in total. The summed E-state index contributed by atoms with van der Waals surface area (Å²) in [6.07, 6.45) is 0.553. The van der Waals surface area contributed by atoms with Gasteiger partial charge in [-0.05, 0) is 55.3 Å². The topological polar surface area (TPSA) is 73.9 Å². The highest BCUT2D eigenvalue weighted by molar-refractivity contribution is 6.35. The molecule has 1 saturated heterocycles. The van der Waals surface area contributed by atoms with E-state index in [1.54, 1.807) is 42.5 Å². The maximum atomic E-state index is 15.0. The third kappa shape index (κ3) is 4.81. The number of hydrogen-bond donors (Lipinski definition) is 1. The van der Waals surface area contributed by atoms with Crippen LogP contribution in [0.1, 0.15) is 31.4 Å². The molecule has 0 spiro atoms. The monoisotopic (exact) mass is 503 g/mol. The van der Waals surface area contributed by atoms with Crippen molar-refractivity contribution in [2.24, 2.45) is 0 Å². The number of aryl methyl sites for hydroxylation is 1. The largest absolute Gasteiger partial charge is 0.457 e. The minimum Gasteiger partial charge on any atom is -0.457 e. The van der Waals surface area contributed by atoms with Crippen molar-refractivity contribution < 1.29 is 28.2 Å². The van der Waals surface area contributed by atoms with Gasteiger partial charge in [0, 0.05) is 16.7 Å². The first kappa shape index (κ1) is 23.9. The number of imide groups is 1. The molecule has 1 atom stereocenters. The summed E-state index contributed by atoms with van der Waals surface area (Å²) in [7, 11) is 0. The Kier molecular flexibility index (Phi) is 6.68. The maximum absolute atomic E-state index is 15.0. The van der Waals surface area contributed by atoms with Gasteiger partial charge in [0.25, 0.3) is 5.91 Å². The van der Waals surface area contributed by atoms with Crippen LogP contribution in [0.4, 0.5) is 9.18 Å². The molecule has 1 N–H and O–H groups in total. The van der Waals surface area contributed by atoms with E-state index in [0.717, 1.165) is 6.42 Å². The summed E-state index contributed by atoms with van der Waals surface area (Å²) in [6, 6.07) is 14.0. The quantitative estimate of drug-likeness (QED) is 0.370. The van der Waals surface area contributed by atoms with Gasteiger partial charge in [0.2, 0.25) is 5.60 Å². The van der Waals surface area contributed by atoms with Crippen LogP contribution < -0.4 is 14.8 Å². The maximum Gasteiger partial charge on any atom is 0.415 e. The van der Waals surface area contributed by atoms with Crippen LogP contribution in [0.25, 0.3) is 0 Å². The molecule has 0 aromatic heterocycles. The first-order valence-corrected chi connectivity index (χ1v) is 11.2. The summed E-state index contributed by atoms with van der Waals surface area (Å²) in [5.74, 6) is -0.310. The van der Waals surface area contributed by atoms with Crippen LogP contribution in [-0.4, -0.2) is 12.0 Å². The van der Waals surface area contributed by atoms with Gasteiger partial charge in [0.15, 0.2) is 11.6 Å². The number of ether oxygens (including phenoxy) is 3. The number of carbonyl (C=O) groups is 2. The Balaban J connectivity index is 1.64. The summed E-state index contributed by atoms with van der Waals surface area (Å²) in [6.45, 7) is 3.47. The second kappa shape index (κ2) is 9.52. The molecule has 176 valence electrons. The number of carbonyl (C=O) groups excluding carboxylic acids is 2. The second-order valence-corrected chi connectivity index (χ2v) is 8.67. The Morgan fingerprint density at radius 2 is 1.79 bits per heavy atom. The predicted octanol–water partition coefficient (Wildman–Crippen LogP) is 7.15. The van der Waals surface area contributed by atoms with E-state index in [4.69, 9.17) is 37.4 Å². The highest BCUT2D eigenvalue weighted by Crippen LogP contribution is 2.38. The van der Waals surface area contributed by atoms with Gasteiger partial charge < -0.3 is 14.2 Å². The van der Waals surface area contributed by atoms with Crippen molar-refractivity contribution >= 4 is 35.2 Å². The fourth-order valence-electron chi connectivity index (χ4n) is 3.53. The molecule has 0 saturated carbocycles. The lowest BCUT2D eigenvalue weighted by molar-refractivity contribution is -0.130. The third-order valence-corrected chi connectivity index (χ3v) is 5.84. The normalized spacial score (nSPS) is 17.3. The van der Waals surface area contributed by atoms with Crippen LogP contribution in [-0.2, 0) is 21.6 Å². The first-order chi connectivity index (χ1) is 16.2. The number of nitrogens with one attached hydrogen (secondary N) is 1. The van der Waals surface area contributed by atoms with Crippen LogP contribution in [0.3, 0.4) is 0 Å². The number of cyclic esters (lactones) is 1. The molecule has 1 fully saturated rings. The second-order valence-electron chi connectivity index (χ2n) is 7.82. The van der Waals surface area contributed by atoms with Crippen LogP contribution in [0.5, 0.6) is 23.0 Å². The fourth-order valence-corrected chi connectivity index (χ4v) is 3.98. The van der Waals surface area contributed by atoms with Gasteiger partial charge in [0.05, 0.1) is 5.02 Å². The molecule has 1 aliphatic rings. The number of halogens is 3. The number of amides is 2. The summed E-state index contributed by atoms with van der Waals surface area (Å²) >= 11 is 12.1. The molecule has 0 aliphatic carbocycles. The molecule has 0 bridgehead atoms. The van der Waals surface area contributed by atoms with Gasteiger partial charge >= 0.3 is 6.09 Å². The van der Waals surface area contributed by atoms with Crippen molar-refractivity contribution in [3.8, 4) is 23.0 Å². The zero-order valence-corrected chi connectivity index (χ0v) is 19.8. The molecule has 1 aliphatic heterocycles. The number of rotatable bonds is 7. The lowest BCUT2D eigenvalue weighted by atomic mass is 9.95. The summed E-state index contributed by atoms with van der Waals surface area (Å²) in [5, 5.41) is 2.82. The summed E-state index contributed by atoms with van der Waals surface area (Å²) in [4.78, 5) is 23.7. The molecule has 0 unspecified atom stereocenters. The van der Waals surface area contributed by atoms with E-state index in [2.05, 4.69) is 5.32 Å². The number of alkyl carbamates (subject to hydrolysis) is 1. The van der Waals surface area contributed by atoms with Gasteiger partial charge in [-0.2, -0.15) is 0 Å².